The number of alkyl halides is 3. The highest BCUT2D eigenvalue weighted by molar-refractivity contribution is 7.88. The summed E-state index contributed by atoms with van der Waals surface area (Å²) in [7, 11) is -3.76. The van der Waals surface area contributed by atoms with E-state index in [1.54, 1.807) is 12.1 Å². The Morgan fingerprint density at radius 3 is 2.34 bits per heavy atom. The molecular weight excluding hydrogens is 403 g/mol. The highest BCUT2D eigenvalue weighted by Gasteiger charge is 2.31. The average molecular weight is 423 g/mol. The van der Waals surface area contributed by atoms with E-state index in [-0.39, 0.29) is 11.6 Å². The number of sulfonamides is 1. The highest BCUT2D eigenvalue weighted by Crippen LogP contribution is 2.30. The van der Waals surface area contributed by atoms with Crippen molar-refractivity contribution >= 4 is 15.7 Å². The van der Waals surface area contributed by atoms with Crippen molar-refractivity contribution in [2.45, 2.75) is 30.8 Å². The van der Waals surface area contributed by atoms with Gasteiger partial charge in [0.25, 0.3) is 0 Å². The van der Waals surface area contributed by atoms with Gasteiger partial charge in [0.05, 0.1) is 22.9 Å². The molecule has 3 rings (SSSR count). The second-order valence-corrected chi connectivity index (χ2v) is 8.75. The maximum atomic E-state index is 12.8. The van der Waals surface area contributed by atoms with Gasteiger partial charge in [0, 0.05) is 24.8 Å². The van der Waals surface area contributed by atoms with Gasteiger partial charge in [0.1, 0.15) is 0 Å². The second kappa shape index (κ2) is 8.43. The summed E-state index contributed by atoms with van der Waals surface area (Å²) < 4.78 is 65.9. The van der Waals surface area contributed by atoms with Crippen LogP contribution in [-0.2, 0) is 22.0 Å². The molecule has 0 spiro atoms. The van der Waals surface area contributed by atoms with Gasteiger partial charge in [-0.2, -0.15) is 18.4 Å². The third-order valence-electron chi connectivity index (χ3n) is 4.81. The summed E-state index contributed by atoms with van der Waals surface area (Å²) in [6.45, 7) is 1.28. The van der Waals surface area contributed by atoms with E-state index in [1.807, 2.05) is 12.1 Å². The van der Waals surface area contributed by atoms with E-state index in [4.69, 9.17) is 5.26 Å². The standard InChI is InChI=1S/C20H20F3N3O2S/c21-20(22,23)17-3-1-2-16(12-17)14-29(27,28)25-18-8-10-26(11-9-18)19-6-4-15(13-24)5-7-19/h1-7,12,18,25H,8-11,14H2. The second-order valence-electron chi connectivity index (χ2n) is 7.00. The number of rotatable bonds is 5. The molecule has 1 N–H and O–H groups in total. The SMILES string of the molecule is N#Cc1ccc(N2CCC(NS(=O)(=O)Cc3cccc(C(F)(F)F)c3)CC2)cc1. The zero-order valence-electron chi connectivity index (χ0n) is 15.5. The van der Waals surface area contributed by atoms with Crippen molar-refractivity contribution in [3.05, 3.63) is 65.2 Å². The smallest absolute Gasteiger partial charge is 0.371 e. The third-order valence-corrected chi connectivity index (χ3v) is 6.22. The lowest BCUT2D eigenvalue weighted by Gasteiger charge is -2.33. The summed E-state index contributed by atoms with van der Waals surface area (Å²) in [5.74, 6) is -0.493. The summed E-state index contributed by atoms with van der Waals surface area (Å²) in [5, 5.41) is 8.86. The Balaban J connectivity index is 1.57. The number of nitrogens with zero attached hydrogens (tertiary/aromatic N) is 2. The molecule has 2 aromatic rings. The third kappa shape index (κ3) is 5.71. The van der Waals surface area contributed by atoms with Crippen molar-refractivity contribution in [2.75, 3.05) is 18.0 Å². The first-order valence-electron chi connectivity index (χ1n) is 9.07. The van der Waals surface area contributed by atoms with Crippen LogP contribution in [0.2, 0.25) is 0 Å². The Morgan fingerprint density at radius 2 is 1.76 bits per heavy atom. The monoisotopic (exact) mass is 423 g/mol. The summed E-state index contributed by atoms with van der Waals surface area (Å²) >= 11 is 0. The summed E-state index contributed by atoms with van der Waals surface area (Å²) in [4.78, 5) is 2.11. The van der Waals surface area contributed by atoms with Gasteiger partial charge >= 0.3 is 6.18 Å². The Labute approximate surface area is 167 Å². The van der Waals surface area contributed by atoms with Gasteiger partial charge in [-0.25, -0.2) is 13.1 Å². The fourth-order valence-corrected chi connectivity index (χ4v) is 4.80. The predicted molar refractivity (Wildman–Crippen MR) is 104 cm³/mol. The Morgan fingerprint density at radius 1 is 1.10 bits per heavy atom. The molecule has 0 aliphatic carbocycles. The van der Waals surface area contributed by atoms with Crippen LogP contribution in [0.3, 0.4) is 0 Å². The van der Waals surface area contributed by atoms with Gasteiger partial charge in [0.15, 0.2) is 0 Å². The van der Waals surface area contributed by atoms with Crippen LogP contribution in [0.25, 0.3) is 0 Å². The molecule has 0 saturated carbocycles. The number of hydrogen-bond acceptors (Lipinski definition) is 4. The van der Waals surface area contributed by atoms with Gasteiger partial charge in [-0.1, -0.05) is 18.2 Å². The van der Waals surface area contributed by atoms with Crippen molar-refractivity contribution in [2.24, 2.45) is 0 Å². The number of anilines is 1. The van der Waals surface area contributed by atoms with E-state index in [9.17, 15) is 21.6 Å². The lowest BCUT2D eigenvalue weighted by Crippen LogP contribution is -2.45. The molecule has 9 heteroatoms. The summed E-state index contributed by atoms with van der Waals surface area (Å²) in [5.41, 5.74) is 0.781. The number of hydrogen-bond donors (Lipinski definition) is 1. The molecule has 1 heterocycles. The Hall–Kier alpha value is -2.57. The zero-order chi connectivity index (χ0) is 21.1. The summed E-state index contributed by atoms with van der Waals surface area (Å²) in [6.07, 6.45) is -3.34. The lowest BCUT2D eigenvalue weighted by atomic mass is 10.1. The molecule has 0 atom stereocenters. The van der Waals surface area contributed by atoms with Crippen LogP contribution < -0.4 is 9.62 Å². The van der Waals surface area contributed by atoms with Crippen LogP contribution in [0.15, 0.2) is 48.5 Å². The normalized spacial score (nSPS) is 15.9. The molecule has 2 aromatic carbocycles. The van der Waals surface area contributed by atoms with E-state index >= 15 is 0 Å². The molecular formula is C20H20F3N3O2S. The van der Waals surface area contributed by atoms with Gasteiger partial charge in [0.2, 0.25) is 10.0 Å². The fraction of sp³-hybridized carbons (Fsp3) is 0.350. The van der Waals surface area contributed by atoms with E-state index < -0.39 is 27.5 Å². The molecule has 0 amide bonds. The molecule has 5 nitrogen and oxygen atoms in total. The van der Waals surface area contributed by atoms with Crippen molar-refractivity contribution in [3.8, 4) is 6.07 Å². The molecule has 1 saturated heterocycles. The molecule has 0 bridgehead atoms. The first kappa shape index (κ1) is 21.1. The van der Waals surface area contributed by atoms with E-state index in [0.29, 0.717) is 31.5 Å². The molecule has 154 valence electrons. The van der Waals surface area contributed by atoms with Crippen LogP contribution in [0.1, 0.15) is 29.5 Å². The topological polar surface area (TPSA) is 73.2 Å². The number of nitriles is 1. The van der Waals surface area contributed by atoms with E-state index in [0.717, 1.165) is 17.8 Å². The van der Waals surface area contributed by atoms with Crippen molar-refractivity contribution in [1.29, 1.82) is 5.26 Å². The summed E-state index contributed by atoms with van der Waals surface area (Å²) in [6, 6.07) is 13.4. The number of nitrogens with one attached hydrogen (secondary N) is 1. The minimum absolute atomic E-state index is 0.0994. The molecule has 0 radical (unpaired) electrons. The van der Waals surface area contributed by atoms with Gasteiger partial charge < -0.3 is 4.90 Å². The van der Waals surface area contributed by atoms with Crippen molar-refractivity contribution in [3.63, 3.8) is 0 Å². The van der Waals surface area contributed by atoms with Crippen molar-refractivity contribution < 1.29 is 21.6 Å². The molecule has 1 aliphatic rings. The van der Waals surface area contributed by atoms with Crippen LogP contribution in [0.5, 0.6) is 0 Å². The first-order valence-corrected chi connectivity index (χ1v) is 10.7. The Bertz CT molecular complexity index is 991. The van der Waals surface area contributed by atoms with Crippen molar-refractivity contribution in [1.82, 2.24) is 4.72 Å². The van der Waals surface area contributed by atoms with Crippen LogP contribution >= 0.6 is 0 Å². The van der Waals surface area contributed by atoms with Gasteiger partial charge in [-0.05, 0) is 48.7 Å². The number of benzene rings is 2. The van der Waals surface area contributed by atoms with Crippen LogP contribution in [0, 0.1) is 11.3 Å². The average Bonchev–Trinajstić information content (AvgIpc) is 2.67. The molecule has 29 heavy (non-hydrogen) atoms. The lowest BCUT2D eigenvalue weighted by molar-refractivity contribution is -0.137. The minimum Gasteiger partial charge on any atom is -0.371 e. The molecule has 0 unspecified atom stereocenters. The fourth-order valence-electron chi connectivity index (χ4n) is 3.35. The van der Waals surface area contributed by atoms with E-state index in [1.165, 1.54) is 12.1 Å². The highest BCUT2D eigenvalue weighted by atomic mass is 32.2. The Kier molecular flexibility index (Phi) is 6.15. The zero-order valence-corrected chi connectivity index (χ0v) is 16.3. The van der Waals surface area contributed by atoms with E-state index in [2.05, 4.69) is 15.7 Å². The molecule has 1 aliphatic heterocycles. The molecule has 1 fully saturated rings. The van der Waals surface area contributed by atoms with Crippen LogP contribution in [-0.4, -0.2) is 27.5 Å². The van der Waals surface area contributed by atoms with Crippen LogP contribution in [0.4, 0.5) is 18.9 Å². The quantitative estimate of drug-likeness (QED) is 0.797. The van der Waals surface area contributed by atoms with Gasteiger partial charge in [-0.3, -0.25) is 0 Å². The predicted octanol–water partition coefficient (Wildman–Crippen LogP) is 3.67. The number of halogens is 3. The number of piperidine rings is 1. The minimum atomic E-state index is -4.51. The molecule has 0 aromatic heterocycles. The maximum Gasteiger partial charge on any atom is 0.416 e. The largest absolute Gasteiger partial charge is 0.416 e. The van der Waals surface area contributed by atoms with Gasteiger partial charge in [-0.15, -0.1) is 0 Å². The first-order chi connectivity index (χ1) is 13.7. The maximum absolute atomic E-state index is 12.8.